The highest BCUT2D eigenvalue weighted by Crippen LogP contribution is 2.27. The van der Waals surface area contributed by atoms with Crippen LogP contribution in [0.2, 0.25) is 0 Å². The number of aliphatic hydroxyl groups is 3. The van der Waals surface area contributed by atoms with E-state index in [2.05, 4.69) is 4.98 Å². The van der Waals surface area contributed by atoms with Gasteiger partial charge in [-0.05, 0) is 29.7 Å². The van der Waals surface area contributed by atoms with E-state index in [9.17, 15) is 24.9 Å². The average molecular weight is 425 g/mol. The summed E-state index contributed by atoms with van der Waals surface area (Å²) in [5.74, 6) is 0. The Hall–Kier alpha value is -3.11. The number of aliphatic hydroxyl groups excluding tert-OH is 3. The smallest absolute Gasteiger partial charge is 0.333 e. The van der Waals surface area contributed by atoms with Gasteiger partial charge in [0.05, 0.1) is 18.8 Å². The minimum absolute atomic E-state index is 0.0596. The van der Waals surface area contributed by atoms with Crippen LogP contribution in [0.5, 0.6) is 0 Å². The molecular formula is C22H23N3O6. The zero-order valence-electron chi connectivity index (χ0n) is 16.6. The van der Waals surface area contributed by atoms with E-state index in [4.69, 9.17) is 4.74 Å². The maximum absolute atomic E-state index is 13.0. The van der Waals surface area contributed by atoms with Gasteiger partial charge in [0.25, 0.3) is 5.56 Å². The van der Waals surface area contributed by atoms with Crippen molar-refractivity contribution < 1.29 is 20.1 Å². The van der Waals surface area contributed by atoms with E-state index in [0.29, 0.717) is 12.1 Å². The van der Waals surface area contributed by atoms with Crippen LogP contribution < -0.4 is 11.2 Å². The summed E-state index contributed by atoms with van der Waals surface area (Å²) < 4.78 is 7.44. The lowest BCUT2D eigenvalue weighted by atomic mass is 10.1. The van der Waals surface area contributed by atoms with Gasteiger partial charge in [-0.25, -0.2) is 4.79 Å². The van der Waals surface area contributed by atoms with Gasteiger partial charge in [0.2, 0.25) is 0 Å². The molecule has 0 aliphatic carbocycles. The SMILES string of the molecule is O=c1ccn(C2OC(CO)C(O)C2O)c(=O)n1Cc1cc(Cc2ccccc2)ccn1. The minimum Gasteiger partial charge on any atom is -0.394 e. The fourth-order valence-corrected chi connectivity index (χ4v) is 3.70. The van der Waals surface area contributed by atoms with Gasteiger partial charge in [-0.1, -0.05) is 30.3 Å². The third-order valence-electron chi connectivity index (χ3n) is 5.34. The second-order valence-electron chi connectivity index (χ2n) is 7.48. The molecule has 4 atom stereocenters. The molecule has 0 amide bonds. The predicted octanol–water partition coefficient (Wildman–Crippen LogP) is -0.344. The largest absolute Gasteiger partial charge is 0.394 e. The van der Waals surface area contributed by atoms with E-state index < -0.39 is 42.4 Å². The summed E-state index contributed by atoms with van der Waals surface area (Å²) in [6.07, 6.45) is -1.49. The number of aromatic nitrogens is 3. The van der Waals surface area contributed by atoms with Crippen molar-refractivity contribution in [2.45, 2.75) is 37.5 Å². The monoisotopic (exact) mass is 425 g/mol. The quantitative estimate of drug-likeness (QED) is 0.493. The van der Waals surface area contributed by atoms with Crippen molar-refractivity contribution in [1.29, 1.82) is 0 Å². The topological polar surface area (TPSA) is 127 Å². The number of benzene rings is 1. The second kappa shape index (κ2) is 8.94. The van der Waals surface area contributed by atoms with E-state index >= 15 is 0 Å². The van der Waals surface area contributed by atoms with Gasteiger partial charge >= 0.3 is 5.69 Å². The molecule has 0 saturated carbocycles. The van der Waals surface area contributed by atoms with E-state index in [1.165, 1.54) is 12.3 Å². The van der Waals surface area contributed by atoms with Crippen LogP contribution in [-0.4, -0.2) is 54.4 Å². The molecule has 0 bridgehead atoms. The van der Waals surface area contributed by atoms with Crippen molar-refractivity contribution in [3.05, 3.63) is 98.6 Å². The van der Waals surface area contributed by atoms with Crippen LogP contribution in [0.15, 0.2) is 70.5 Å². The third-order valence-corrected chi connectivity index (χ3v) is 5.34. The van der Waals surface area contributed by atoms with Crippen LogP contribution in [0, 0.1) is 0 Å². The summed E-state index contributed by atoms with van der Waals surface area (Å²) in [5, 5.41) is 29.4. The Kier molecular flexibility index (Phi) is 6.10. The molecule has 1 aliphatic rings. The van der Waals surface area contributed by atoms with E-state index in [1.807, 2.05) is 42.5 Å². The summed E-state index contributed by atoms with van der Waals surface area (Å²) in [7, 11) is 0. The number of nitrogens with zero attached hydrogens (tertiary/aromatic N) is 3. The molecule has 3 heterocycles. The van der Waals surface area contributed by atoms with Crippen molar-refractivity contribution >= 4 is 0 Å². The van der Waals surface area contributed by atoms with Gasteiger partial charge in [-0.2, -0.15) is 0 Å². The van der Waals surface area contributed by atoms with E-state index in [1.54, 1.807) is 6.20 Å². The van der Waals surface area contributed by atoms with E-state index in [0.717, 1.165) is 20.3 Å². The first kappa shape index (κ1) is 21.1. The molecule has 2 aromatic heterocycles. The van der Waals surface area contributed by atoms with Gasteiger partial charge in [-0.3, -0.25) is 18.9 Å². The molecule has 0 radical (unpaired) electrons. The van der Waals surface area contributed by atoms with E-state index in [-0.39, 0.29) is 6.54 Å². The van der Waals surface area contributed by atoms with Crippen LogP contribution >= 0.6 is 0 Å². The molecule has 1 aromatic carbocycles. The maximum Gasteiger partial charge on any atom is 0.333 e. The first-order valence-electron chi connectivity index (χ1n) is 9.90. The van der Waals surface area contributed by atoms with Crippen molar-refractivity contribution in [2.75, 3.05) is 6.61 Å². The molecule has 9 nitrogen and oxygen atoms in total. The molecular weight excluding hydrogens is 402 g/mol. The van der Waals surface area contributed by atoms with Crippen molar-refractivity contribution in [2.24, 2.45) is 0 Å². The van der Waals surface area contributed by atoms with Crippen LogP contribution in [0.3, 0.4) is 0 Å². The Morgan fingerprint density at radius 2 is 1.77 bits per heavy atom. The highest BCUT2D eigenvalue weighted by molar-refractivity contribution is 5.26. The molecule has 3 N–H and O–H groups in total. The molecule has 4 rings (SSSR count). The summed E-state index contributed by atoms with van der Waals surface area (Å²) in [6.45, 7) is -0.572. The molecule has 4 unspecified atom stereocenters. The Labute approximate surface area is 177 Å². The van der Waals surface area contributed by atoms with Crippen LogP contribution in [-0.2, 0) is 17.7 Å². The van der Waals surface area contributed by atoms with Crippen molar-refractivity contribution in [3.8, 4) is 0 Å². The normalized spacial score (nSPS) is 23.2. The summed E-state index contributed by atoms with van der Waals surface area (Å²) in [5.41, 5.74) is 1.42. The third kappa shape index (κ3) is 4.35. The Balaban J connectivity index is 1.61. The molecule has 1 saturated heterocycles. The molecule has 9 heteroatoms. The van der Waals surface area contributed by atoms with Gasteiger partial charge in [0.15, 0.2) is 6.23 Å². The zero-order valence-corrected chi connectivity index (χ0v) is 16.6. The van der Waals surface area contributed by atoms with Crippen LogP contribution in [0.1, 0.15) is 23.0 Å². The molecule has 1 aliphatic heterocycles. The Morgan fingerprint density at radius 1 is 1.00 bits per heavy atom. The first-order chi connectivity index (χ1) is 15.0. The zero-order chi connectivity index (χ0) is 22.0. The fourth-order valence-electron chi connectivity index (χ4n) is 3.70. The molecule has 1 fully saturated rings. The number of pyridine rings is 1. The highest BCUT2D eigenvalue weighted by Gasteiger charge is 2.43. The van der Waals surface area contributed by atoms with Gasteiger partial charge < -0.3 is 20.1 Å². The van der Waals surface area contributed by atoms with Crippen LogP contribution in [0.4, 0.5) is 0 Å². The average Bonchev–Trinajstić information content (AvgIpc) is 3.06. The molecule has 31 heavy (non-hydrogen) atoms. The standard InChI is InChI=1S/C22H23N3O6/c26-13-17-19(28)20(29)21(31-17)24-9-7-18(27)25(22(24)30)12-16-11-15(6-8-23-16)10-14-4-2-1-3-5-14/h1-9,11,17,19-21,26,28-29H,10,12-13H2. The number of ether oxygens (including phenoxy) is 1. The predicted molar refractivity (Wildman–Crippen MR) is 111 cm³/mol. The number of hydrogen-bond acceptors (Lipinski definition) is 7. The molecule has 3 aromatic rings. The summed E-state index contributed by atoms with van der Waals surface area (Å²) in [6, 6.07) is 14.8. The molecule has 0 spiro atoms. The fraction of sp³-hybridized carbons (Fsp3) is 0.318. The maximum atomic E-state index is 13.0. The minimum atomic E-state index is -1.42. The Morgan fingerprint density at radius 3 is 2.48 bits per heavy atom. The van der Waals surface area contributed by atoms with Crippen molar-refractivity contribution in [3.63, 3.8) is 0 Å². The Bertz CT molecular complexity index is 1160. The van der Waals surface area contributed by atoms with Crippen molar-refractivity contribution in [1.82, 2.24) is 14.1 Å². The highest BCUT2D eigenvalue weighted by atomic mass is 16.6. The number of hydrogen-bond donors (Lipinski definition) is 3. The van der Waals surface area contributed by atoms with Gasteiger partial charge in [0.1, 0.15) is 18.3 Å². The lowest BCUT2D eigenvalue weighted by Gasteiger charge is -2.18. The lowest BCUT2D eigenvalue weighted by molar-refractivity contribution is -0.0555. The van der Waals surface area contributed by atoms with Gasteiger partial charge in [0, 0.05) is 18.5 Å². The first-order valence-corrected chi connectivity index (χ1v) is 9.90. The molecule has 162 valence electrons. The van der Waals surface area contributed by atoms with Crippen LogP contribution in [0.25, 0.3) is 0 Å². The lowest BCUT2D eigenvalue weighted by Crippen LogP contribution is -2.43. The summed E-state index contributed by atoms with van der Waals surface area (Å²) >= 11 is 0. The van der Waals surface area contributed by atoms with Gasteiger partial charge in [-0.15, -0.1) is 0 Å². The summed E-state index contributed by atoms with van der Waals surface area (Å²) in [4.78, 5) is 29.6. The number of rotatable bonds is 6. The second-order valence-corrected chi connectivity index (χ2v) is 7.48.